The molecule has 0 unspecified atom stereocenters. The van der Waals surface area contributed by atoms with E-state index < -0.39 is 0 Å². The van der Waals surface area contributed by atoms with Crippen LogP contribution in [0.3, 0.4) is 0 Å². The lowest BCUT2D eigenvalue weighted by Crippen LogP contribution is -2.16. The minimum Gasteiger partial charge on any atom is -0.379 e. The Bertz CT molecular complexity index is 307. The number of ether oxygens (including phenoxy) is 1. The van der Waals surface area contributed by atoms with Crippen LogP contribution in [0, 0.1) is 12.8 Å². The van der Waals surface area contributed by atoms with Crippen LogP contribution in [0.15, 0.2) is 6.20 Å². The zero-order valence-electron chi connectivity index (χ0n) is 10.8. The number of rotatable bonds is 7. The molecule has 16 heavy (non-hydrogen) atoms. The quantitative estimate of drug-likeness (QED) is 0.716. The maximum atomic E-state index is 5.59. The van der Waals surface area contributed by atoms with E-state index in [1.807, 2.05) is 20.2 Å². The van der Waals surface area contributed by atoms with Crippen LogP contribution in [0.4, 0.5) is 0 Å². The Balaban J connectivity index is 2.42. The second-order valence-corrected chi connectivity index (χ2v) is 4.45. The Morgan fingerprint density at radius 1 is 1.50 bits per heavy atom. The van der Waals surface area contributed by atoms with Gasteiger partial charge in [0.25, 0.3) is 0 Å². The number of imidazole rings is 1. The topological polar surface area (TPSA) is 39.1 Å². The zero-order valence-corrected chi connectivity index (χ0v) is 10.8. The van der Waals surface area contributed by atoms with Crippen LogP contribution < -0.4 is 5.32 Å². The van der Waals surface area contributed by atoms with Crippen LogP contribution in [-0.4, -0.2) is 29.8 Å². The highest BCUT2D eigenvalue weighted by Crippen LogP contribution is 2.04. The van der Waals surface area contributed by atoms with E-state index in [2.05, 4.69) is 28.7 Å². The van der Waals surface area contributed by atoms with E-state index in [1.165, 1.54) is 5.69 Å². The highest BCUT2D eigenvalue weighted by Gasteiger charge is 2.05. The Hall–Kier alpha value is -0.870. The second kappa shape index (κ2) is 6.66. The van der Waals surface area contributed by atoms with E-state index in [9.17, 15) is 0 Å². The molecule has 4 heteroatoms. The number of aromatic nitrogens is 2. The number of aryl methyl sites for hydroxylation is 1. The van der Waals surface area contributed by atoms with Gasteiger partial charge in [0.2, 0.25) is 0 Å². The molecule has 0 saturated carbocycles. The lowest BCUT2D eigenvalue weighted by atomic mass is 10.2. The molecule has 0 aliphatic rings. The fraction of sp³-hybridized carbons (Fsp3) is 0.750. The summed E-state index contributed by atoms with van der Waals surface area (Å²) < 4.78 is 7.79. The van der Waals surface area contributed by atoms with Crippen molar-refractivity contribution < 1.29 is 4.74 Å². The molecule has 0 aromatic carbocycles. The van der Waals surface area contributed by atoms with Gasteiger partial charge in [-0.1, -0.05) is 13.8 Å². The summed E-state index contributed by atoms with van der Waals surface area (Å²) in [6.07, 6.45) is 1.92. The highest BCUT2D eigenvalue weighted by atomic mass is 16.5. The molecule has 1 aromatic heterocycles. The minimum absolute atomic E-state index is 0.598. The van der Waals surface area contributed by atoms with Gasteiger partial charge < -0.3 is 14.6 Å². The summed E-state index contributed by atoms with van der Waals surface area (Å²) in [6, 6.07) is 0. The van der Waals surface area contributed by atoms with Crippen molar-refractivity contribution in [2.75, 3.05) is 20.3 Å². The second-order valence-electron chi connectivity index (χ2n) is 4.45. The lowest BCUT2D eigenvalue weighted by molar-refractivity contribution is 0.102. The first-order valence-electron chi connectivity index (χ1n) is 5.88. The van der Waals surface area contributed by atoms with Crippen LogP contribution >= 0.6 is 0 Å². The summed E-state index contributed by atoms with van der Waals surface area (Å²) in [5, 5.41) is 3.14. The van der Waals surface area contributed by atoms with Gasteiger partial charge in [-0.2, -0.15) is 0 Å². The molecule has 4 nitrogen and oxygen atoms in total. The molecule has 0 fully saturated rings. The van der Waals surface area contributed by atoms with Crippen LogP contribution in [0.25, 0.3) is 0 Å². The van der Waals surface area contributed by atoms with E-state index in [0.29, 0.717) is 5.92 Å². The molecule has 1 aromatic rings. The summed E-state index contributed by atoms with van der Waals surface area (Å²) in [5.74, 6) is 1.65. The largest absolute Gasteiger partial charge is 0.379 e. The Morgan fingerprint density at radius 2 is 2.25 bits per heavy atom. The van der Waals surface area contributed by atoms with Gasteiger partial charge in [0.15, 0.2) is 0 Å². The molecule has 0 bridgehead atoms. The maximum absolute atomic E-state index is 5.59. The molecule has 0 spiro atoms. The van der Waals surface area contributed by atoms with Crippen molar-refractivity contribution >= 4 is 0 Å². The smallest absolute Gasteiger partial charge is 0.105 e. The molecular weight excluding hydrogens is 202 g/mol. The molecule has 1 heterocycles. The molecule has 1 rings (SSSR count). The van der Waals surface area contributed by atoms with Crippen molar-refractivity contribution in [2.45, 2.75) is 33.9 Å². The summed E-state index contributed by atoms with van der Waals surface area (Å²) in [5.41, 5.74) is 1.22. The Morgan fingerprint density at radius 3 is 2.88 bits per heavy atom. The summed E-state index contributed by atoms with van der Waals surface area (Å²) in [4.78, 5) is 4.32. The third kappa shape index (κ3) is 3.94. The fourth-order valence-corrected chi connectivity index (χ4v) is 1.62. The van der Waals surface area contributed by atoms with E-state index in [4.69, 9.17) is 4.74 Å². The molecule has 0 aliphatic carbocycles. The Kier molecular flexibility index (Phi) is 5.49. The first kappa shape index (κ1) is 13.2. The van der Waals surface area contributed by atoms with Crippen molar-refractivity contribution in [3.05, 3.63) is 17.7 Å². The van der Waals surface area contributed by atoms with Crippen molar-refractivity contribution in [2.24, 2.45) is 5.92 Å². The summed E-state index contributed by atoms with van der Waals surface area (Å²) >= 11 is 0. The standard InChI is InChI=1S/C12H23N3O/c1-10(2)9-16-6-5-15-11(3)14-8-12(15)7-13-4/h8,10,13H,5-7,9H2,1-4H3. The van der Waals surface area contributed by atoms with Gasteiger partial charge in [0, 0.05) is 25.9 Å². The first-order valence-corrected chi connectivity index (χ1v) is 5.88. The molecule has 0 aliphatic heterocycles. The molecular formula is C12H23N3O. The predicted molar refractivity (Wildman–Crippen MR) is 65.4 cm³/mol. The van der Waals surface area contributed by atoms with Crippen molar-refractivity contribution in [3.8, 4) is 0 Å². The van der Waals surface area contributed by atoms with Crippen LogP contribution in [0.2, 0.25) is 0 Å². The van der Waals surface area contributed by atoms with Crippen molar-refractivity contribution in [1.29, 1.82) is 0 Å². The molecule has 92 valence electrons. The molecule has 1 N–H and O–H groups in total. The van der Waals surface area contributed by atoms with Gasteiger partial charge in [0.05, 0.1) is 12.3 Å². The average molecular weight is 225 g/mol. The van der Waals surface area contributed by atoms with Gasteiger partial charge in [-0.3, -0.25) is 0 Å². The normalized spacial score (nSPS) is 11.3. The van der Waals surface area contributed by atoms with Gasteiger partial charge in [0.1, 0.15) is 5.82 Å². The van der Waals surface area contributed by atoms with Gasteiger partial charge >= 0.3 is 0 Å². The van der Waals surface area contributed by atoms with Crippen molar-refractivity contribution in [3.63, 3.8) is 0 Å². The van der Waals surface area contributed by atoms with E-state index in [1.54, 1.807) is 0 Å². The van der Waals surface area contributed by atoms with Crippen LogP contribution in [0.1, 0.15) is 25.4 Å². The average Bonchev–Trinajstić information content (AvgIpc) is 2.56. The molecule has 0 saturated heterocycles. The first-order chi connectivity index (χ1) is 7.65. The van der Waals surface area contributed by atoms with Crippen LogP contribution in [0.5, 0.6) is 0 Å². The molecule has 0 atom stereocenters. The molecule has 0 radical (unpaired) electrons. The predicted octanol–water partition coefficient (Wildman–Crippen LogP) is 1.58. The highest BCUT2D eigenvalue weighted by molar-refractivity contribution is 5.04. The number of hydrogen-bond donors (Lipinski definition) is 1. The van der Waals surface area contributed by atoms with Crippen LogP contribution in [-0.2, 0) is 17.8 Å². The number of hydrogen-bond acceptors (Lipinski definition) is 3. The number of nitrogens with zero attached hydrogens (tertiary/aromatic N) is 2. The SMILES string of the molecule is CNCc1cnc(C)n1CCOCC(C)C. The summed E-state index contributed by atoms with van der Waals surface area (Å²) in [6.45, 7) is 9.67. The third-order valence-electron chi connectivity index (χ3n) is 2.41. The van der Waals surface area contributed by atoms with E-state index >= 15 is 0 Å². The van der Waals surface area contributed by atoms with E-state index in [-0.39, 0.29) is 0 Å². The lowest BCUT2D eigenvalue weighted by Gasteiger charge is -2.11. The monoisotopic (exact) mass is 225 g/mol. The summed E-state index contributed by atoms with van der Waals surface area (Å²) in [7, 11) is 1.95. The third-order valence-corrected chi connectivity index (χ3v) is 2.41. The van der Waals surface area contributed by atoms with Gasteiger partial charge in [-0.25, -0.2) is 4.98 Å². The van der Waals surface area contributed by atoms with Crippen molar-refractivity contribution in [1.82, 2.24) is 14.9 Å². The van der Waals surface area contributed by atoms with E-state index in [0.717, 1.165) is 32.1 Å². The minimum atomic E-state index is 0.598. The zero-order chi connectivity index (χ0) is 12.0. The van der Waals surface area contributed by atoms with Gasteiger partial charge in [-0.05, 0) is 19.9 Å². The molecule has 0 amide bonds. The fourth-order valence-electron chi connectivity index (χ4n) is 1.62. The van der Waals surface area contributed by atoms with Gasteiger partial charge in [-0.15, -0.1) is 0 Å². The maximum Gasteiger partial charge on any atom is 0.105 e. The number of nitrogens with one attached hydrogen (secondary N) is 1. The Labute approximate surface area is 98.0 Å².